The van der Waals surface area contributed by atoms with E-state index >= 15 is 0 Å². The molecule has 27 heavy (non-hydrogen) atoms. The number of hydrogen-bond acceptors (Lipinski definition) is 3. The van der Waals surface area contributed by atoms with Crippen LogP contribution in [0, 0.1) is 3.57 Å². The van der Waals surface area contributed by atoms with Gasteiger partial charge in [0.2, 0.25) is 0 Å². The largest absolute Gasteiger partial charge is 0.489 e. The van der Waals surface area contributed by atoms with E-state index in [2.05, 4.69) is 33.1 Å². The highest BCUT2D eigenvalue weighted by molar-refractivity contribution is 14.1. The van der Waals surface area contributed by atoms with Crippen LogP contribution in [-0.2, 0) is 6.61 Å². The van der Waals surface area contributed by atoms with Gasteiger partial charge in [-0.05, 0) is 70.6 Å². The molecule has 1 N–H and O–H groups in total. The Balaban J connectivity index is 1.58. The van der Waals surface area contributed by atoms with Crippen LogP contribution in [0.2, 0.25) is 5.02 Å². The molecule has 0 bridgehead atoms. The fraction of sp³-hybridized carbons (Fsp3) is 0.0476. The number of benzene rings is 3. The second-order valence-electron chi connectivity index (χ2n) is 5.66. The fourth-order valence-electron chi connectivity index (χ4n) is 2.29. The Morgan fingerprint density at radius 2 is 1.85 bits per heavy atom. The first kappa shape index (κ1) is 19.4. The van der Waals surface area contributed by atoms with Crippen molar-refractivity contribution in [1.82, 2.24) is 5.43 Å². The van der Waals surface area contributed by atoms with Gasteiger partial charge in [-0.25, -0.2) is 5.43 Å². The summed E-state index contributed by atoms with van der Waals surface area (Å²) in [4.78, 5) is 12.0. The minimum absolute atomic E-state index is 0.256. The molecule has 0 spiro atoms. The van der Waals surface area contributed by atoms with Crippen LogP contribution in [0.25, 0.3) is 0 Å². The third-order valence-corrected chi connectivity index (χ3v) is 4.78. The molecular formula is C21H16ClIN2O2. The first-order valence-electron chi connectivity index (χ1n) is 8.17. The Bertz CT molecular complexity index is 958. The summed E-state index contributed by atoms with van der Waals surface area (Å²) in [6, 6.07) is 22.3. The third-order valence-electron chi connectivity index (χ3n) is 3.70. The van der Waals surface area contributed by atoms with E-state index in [1.807, 2.05) is 60.7 Å². The van der Waals surface area contributed by atoms with Crippen molar-refractivity contribution in [1.29, 1.82) is 0 Å². The Kier molecular flexibility index (Phi) is 6.84. The van der Waals surface area contributed by atoms with Crippen LogP contribution in [0.1, 0.15) is 21.5 Å². The van der Waals surface area contributed by atoms with Gasteiger partial charge in [0.25, 0.3) is 5.91 Å². The summed E-state index contributed by atoms with van der Waals surface area (Å²) in [6.45, 7) is 0.379. The summed E-state index contributed by atoms with van der Waals surface area (Å²) >= 11 is 8.33. The number of halogens is 2. The van der Waals surface area contributed by atoms with Gasteiger partial charge in [0, 0.05) is 19.7 Å². The molecule has 6 heteroatoms. The summed E-state index contributed by atoms with van der Waals surface area (Å²) in [5.41, 5.74) is 4.81. The van der Waals surface area contributed by atoms with Crippen molar-refractivity contribution in [3.63, 3.8) is 0 Å². The highest BCUT2D eigenvalue weighted by Crippen LogP contribution is 2.19. The normalized spacial score (nSPS) is 10.7. The molecule has 0 fully saturated rings. The number of nitrogens with one attached hydrogen (secondary N) is 1. The SMILES string of the molecule is O=C(N/N=C\c1cccc(OCc2ccccc2Cl)c1)c1ccc(I)cc1. The summed E-state index contributed by atoms with van der Waals surface area (Å²) < 4.78 is 6.86. The van der Waals surface area contributed by atoms with Gasteiger partial charge in [-0.2, -0.15) is 5.10 Å². The number of hydrogen-bond donors (Lipinski definition) is 1. The molecule has 0 saturated heterocycles. The number of hydrazone groups is 1. The van der Waals surface area contributed by atoms with Crippen LogP contribution in [0.15, 0.2) is 77.9 Å². The maximum Gasteiger partial charge on any atom is 0.271 e. The Hall–Kier alpha value is -2.38. The van der Waals surface area contributed by atoms with Crippen LogP contribution in [0.4, 0.5) is 0 Å². The van der Waals surface area contributed by atoms with Crippen molar-refractivity contribution < 1.29 is 9.53 Å². The standard InChI is InChI=1S/C21H16ClIN2O2/c22-20-7-2-1-5-17(20)14-27-19-6-3-4-15(12-19)13-24-25-21(26)16-8-10-18(23)11-9-16/h1-13H,14H2,(H,25,26)/b24-13-. The van der Waals surface area contributed by atoms with Crippen LogP contribution in [0.3, 0.4) is 0 Å². The molecule has 1 amide bonds. The summed E-state index contributed by atoms with van der Waals surface area (Å²) in [6.07, 6.45) is 1.58. The molecule has 0 aliphatic heterocycles. The minimum atomic E-state index is -0.256. The van der Waals surface area contributed by atoms with Crippen molar-refractivity contribution in [2.24, 2.45) is 5.10 Å². The first-order chi connectivity index (χ1) is 13.1. The second-order valence-corrected chi connectivity index (χ2v) is 7.31. The Morgan fingerprint density at radius 3 is 2.63 bits per heavy atom. The molecule has 4 nitrogen and oxygen atoms in total. The highest BCUT2D eigenvalue weighted by atomic mass is 127. The van der Waals surface area contributed by atoms with Crippen LogP contribution >= 0.6 is 34.2 Å². The summed E-state index contributed by atoms with van der Waals surface area (Å²) in [5.74, 6) is 0.441. The average molecular weight is 491 g/mol. The molecule has 3 aromatic rings. The van der Waals surface area contributed by atoms with Crippen molar-refractivity contribution in [3.05, 3.63) is 98.1 Å². The van der Waals surface area contributed by atoms with Crippen molar-refractivity contribution in [2.75, 3.05) is 0 Å². The lowest BCUT2D eigenvalue weighted by molar-refractivity contribution is 0.0955. The van der Waals surface area contributed by atoms with Crippen LogP contribution in [0.5, 0.6) is 5.75 Å². The van der Waals surface area contributed by atoms with Gasteiger partial charge in [-0.3, -0.25) is 4.79 Å². The number of rotatable bonds is 6. The van der Waals surface area contributed by atoms with E-state index < -0.39 is 0 Å². The van der Waals surface area contributed by atoms with Gasteiger partial charge < -0.3 is 4.74 Å². The molecule has 0 aliphatic rings. The molecule has 0 aliphatic carbocycles. The zero-order valence-electron chi connectivity index (χ0n) is 14.2. The van der Waals surface area contributed by atoms with Gasteiger partial charge in [-0.15, -0.1) is 0 Å². The molecule has 0 atom stereocenters. The van der Waals surface area contributed by atoms with Gasteiger partial charge in [0.1, 0.15) is 12.4 Å². The number of amides is 1. The smallest absolute Gasteiger partial charge is 0.271 e. The molecule has 0 unspecified atom stereocenters. The van der Waals surface area contributed by atoms with E-state index in [-0.39, 0.29) is 5.91 Å². The average Bonchev–Trinajstić information content (AvgIpc) is 2.68. The van der Waals surface area contributed by atoms with E-state index in [9.17, 15) is 4.79 Å². The van der Waals surface area contributed by atoms with Gasteiger partial charge in [-0.1, -0.05) is 41.9 Å². The van der Waals surface area contributed by atoms with E-state index in [1.165, 1.54) is 0 Å². The predicted molar refractivity (Wildman–Crippen MR) is 116 cm³/mol. The zero-order valence-corrected chi connectivity index (χ0v) is 17.1. The first-order valence-corrected chi connectivity index (χ1v) is 9.63. The number of carbonyl (C=O) groups excluding carboxylic acids is 1. The molecule has 3 aromatic carbocycles. The Morgan fingerprint density at radius 1 is 1.07 bits per heavy atom. The van der Waals surface area contributed by atoms with Crippen molar-refractivity contribution in [2.45, 2.75) is 6.61 Å². The van der Waals surface area contributed by atoms with Gasteiger partial charge >= 0.3 is 0 Å². The van der Waals surface area contributed by atoms with E-state index in [0.717, 1.165) is 14.7 Å². The molecule has 0 radical (unpaired) electrons. The number of ether oxygens (including phenoxy) is 1. The minimum Gasteiger partial charge on any atom is -0.489 e. The fourth-order valence-corrected chi connectivity index (χ4v) is 2.84. The maximum atomic E-state index is 12.0. The third kappa shape index (κ3) is 5.80. The lowest BCUT2D eigenvalue weighted by Crippen LogP contribution is -2.17. The molecule has 3 rings (SSSR count). The van der Waals surface area contributed by atoms with Crippen molar-refractivity contribution in [3.8, 4) is 5.75 Å². The van der Waals surface area contributed by atoms with Crippen LogP contribution < -0.4 is 10.2 Å². The Labute approximate surface area is 176 Å². The van der Waals surface area contributed by atoms with Gasteiger partial charge in [0.15, 0.2) is 0 Å². The second kappa shape index (κ2) is 9.53. The number of carbonyl (C=O) groups is 1. The lowest BCUT2D eigenvalue weighted by Gasteiger charge is -2.08. The lowest BCUT2D eigenvalue weighted by atomic mass is 10.2. The molecule has 0 heterocycles. The van der Waals surface area contributed by atoms with E-state index in [4.69, 9.17) is 16.3 Å². The van der Waals surface area contributed by atoms with E-state index in [1.54, 1.807) is 18.3 Å². The predicted octanol–water partition coefficient (Wildman–Crippen LogP) is 5.29. The highest BCUT2D eigenvalue weighted by Gasteiger charge is 2.03. The monoisotopic (exact) mass is 490 g/mol. The van der Waals surface area contributed by atoms with Gasteiger partial charge in [0.05, 0.1) is 6.21 Å². The maximum absolute atomic E-state index is 12.0. The van der Waals surface area contributed by atoms with Crippen molar-refractivity contribution >= 4 is 46.3 Å². The zero-order chi connectivity index (χ0) is 19.1. The molecule has 136 valence electrons. The molecular weight excluding hydrogens is 475 g/mol. The molecule has 0 saturated carbocycles. The van der Waals surface area contributed by atoms with Crippen LogP contribution in [-0.4, -0.2) is 12.1 Å². The number of nitrogens with zero attached hydrogens (tertiary/aromatic N) is 1. The molecule has 0 aromatic heterocycles. The topological polar surface area (TPSA) is 50.7 Å². The summed E-state index contributed by atoms with van der Waals surface area (Å²) in [5, 5.41) is 4.69. The summed E-state index contributed by atoms with van der Waals surface area (Å²) in [7, 11) is 0. The quantitative estimate of drug-likeness (QED) is 0.290. The van der Waals surface area contributed by atoms with E-state index in [0.29, 0.717) is 22.9 Å².